The van der Waals surface area contributed by atoms with Gasteiger partial charge in [0.25, 0.3) is 0 Å². The van der Waals surface area contributed by atoms with Crippen LogP contribution in [0, 0.1) is 23.7 Å². The molecule has 4 unspecified atom stereocenters. The van der Waals surface area contributed by atoms with Gasteiger partial charge in [-0.3, -0.25) is 0 Å². The standard InChI is InChI=1S/C22H41NO2/c1-7-20-10-16(2)12-22(13-17(3)11-20)23-15-21(14-18(4)24)9-8-19(5)25-6/h8-9,16-17,19-23H,7,10-15H2,1-6H3. The van der Waals surface area contributed by atoms with Crippen LogP contribution in [0.3, 0.4) is 0 Å². The molecule has 0 bridgehead atoms. The van der Waals surface area contributed by atoms with Gasteiger partial charge in [-0.1, -0.05) is 39.3 Å². The molecule has 25 heavy (non-hydrogen) atoms. The third-order valence-corrected chi connectivity index (χ3v) is 5.67. The minimum absolute atomic E-state index is 0.0990. The van der Waals surface area contributed by atoms with Gasteiger partial charge in [-0.15, -0.1) is 0 Å². The van der Waals surface area contributed by atoms with Crippen molar-refractivity contribution in [2.45, 2.75) is 85.3 Å². The number of carbonyl (C=O) groups excluding carboxylic acids is 1. The molecule has 3 nitrogen and oxygen atoms in total. The van der Waals surface area contributed by atoms with E-state index in [9.17, 15) is 4.79 Å². The minimum Gasteiger partial charge on any atom is -0.378 e. The maximum atomic E-state index is 11.6. The molecule has 0 aromatic rings. The molecular formula is C22H41NO2. The number of hydrogen-bond acceptors (Lipinski definition) is 3. The highest BCUT2D eigenvalue weighted by molar-refractivity contribution is 5.75. The third-order valence-electron chi connectivity index (χ3n) is 5.67. The second kappa shape index (κ2) is 11.9. The monoisotopic (exact) mass is 351 g/mol. The van der Waals surface area contributed by atoms with Crippen LogP contribution in [-0.2, 0) is 9.53 Å². The van der Waals surface area contributed by atoms with Gasteiger partial charge in [0.2, 0.25) is 0 Å². The van der Waals surface area contributed by atoms with Crippen molar-refractivity contribution in [2.75, 3.05) is 13.7 Å². The summed E-state index contributed by atoms with van der Waals surface area (Å²) in [5.41, 5.74) is 0. The molecule has 0 spiro atoms. The zero-order valence-electron chi connectivity index (χ0n) is 17.4. The maximum Gasteiger partial charge on any atom is 0.130 e. The minimum atomic E-state index is 0.0990. The molecule has 0 amide bonds. The lowest BCUT2D eigenvalue weighted by Crippen LogP contribution is -2.37. The van der Waals surface area contributed by atoms with Gasteiger partial charge in [0.1, 0.15) is 5.78 Å². The van der Waals surface area contributed by atoms with Gasteiger partial charge in [-0.2, -0.15) is 0 Å². The summed E-state index contributed by atoms with van der Waals surface area (Å²) in [5, 5.41) is 3.79. The van der Waals surface area contributed by atoms with Crippen LogP contribution < -0.4 is 5.32 Å². The van der Waals surface area contributed by atoms with E-state index in [1.54, 1.807) is 14.0 Å². The van der Waals surface area contributed by atoms with Crippen LogP contribution in [0.25, 0.3) is 0 Å². The van der Waals surface area contributed by atoms with Crippen LogP contribution in [0.2, 0.25) is 0 Å². The quantitative estimate of drug-likeness (QED) is 0.594. The SMILES string of the molecule is CCC1CC(C)CC(NCC(C=CC(C)OC)CC(C)=O)CC(C)C1. The van der Waals surface area contributed by atoms with Gasteiger partial charge in [-0.25, -0.2) is 0 Å². The Bertz CT molecular complexity index is 393. The molecule has 1 rings (SSSR count). The predicted octanol–water partition coefficient (Wildman–Crippen LogP) is 5.00. The van der Waals surface area contributed by atoms with Gasteiger partial charge in [0.05, 0.1) is 6.10 Å². The summed E-state index contributed by atoms with van der Waals surface area (Å²) < 4.78 is 5.29. The lowest BCUT2D eigenvalue weighted by Gasteiger charge is -2.33. The molecule has 0 radical (unpaired) electrons. The number of carbonyl (C=O) groups is 1. The van der Waals surface area contributed by atoms with Gasteiger partial charge >= 0.3 is 0 Å². The van der Waals surface area contributed by atoms with Crippen molar-refractivity contribution < 1.29 is 9.53 Å². The highest BCUT2D eigenvalue weighted by Gasteiger charge is 2.24. The van der Waals surface area contributed by atoms with Crippen molar-refractivity contribution >= 4 is 5.78 Å². The molecule has 4 atom stereocenters. The van der Waals surface area contributed by atoms with E-state index in [-0.39, 0.29) is 17.8 Å². The summed E-state index contributed by atoms with van der Waals surface area (Å²) in [7, 11) is 1.72. The van der Waals surface area contributed by atoms with E-state index in [2.05, 4.69) is 38.2 Å². The van der Waals surface area contributed by atoms with E-state index >= 15 is 0 Å². The topological polar surface area (TPSA) is 38.3 Å². The van der Waals surface area contributed by atoms with E-state index < -0.39 is 0 Å². The number of ether oxygens (including phenoxy) is 1. The second-order valence-corrected chi connectivity index (χ2v) is 8.52. The van der Waals surface area contributed by atoms with Crippen LogP contribution in [0.5, 0.6) is 0 Å². The molecule has 0 aromatic heterocycles. The Kier molecular flexibility index (Phi) is 10.6. The largest absolute Gasteiger partial charge is 0.378 e. The van der Waals surface area contributed by atoms with Gasteiger partial charge < -0.3 is 14.8 Å². The van der Waals surface area contributed by atoms with Crippen molar-refractivity contribution in [1.29, 1.82) is 0 Å². The number of methoxy groups -OCH3 is 1. The van der Waals surface area contributed by atoms with Crippen LogP contribution in [0.1, 0.15) is 73.1 Å². The van der Waals surface area contributed by atoms with Crippen molar-refractivity contribution in [3.63, 3.8) is 0 Å². The summed E-state index contributed by atoms with van der Waals surface area (Å²) in [6.07, 6.45) is 11.5. The van der Waals surface area contributed by atoms with E-state index in [0.29, 0.717) is 12.5 Å². The molecule has 0 aromatic carbocycles. The van der Waals surface area contributed by atoms with Crippen LogP contribution in [-0.4, -0.2) is 31.6 Å². The van der Waals surface area contributed by atoms with E-state index in [0.717, 1.165) is 24.3 Å². The van der Waals surface area contributed by atoms with Crippen molar-refractivity contribution in [1.82, 2.24) is 5.32 Å². The molecule has 1 saturated carbocycles. The predicted molar refractivity (Wildman–Crippen MR) is 107 cm³/mol. The van der Waals surface area contributed by atoms with E-state index in [1.165, 1.54) is 32.1 Å². The Morgan fingerprint density at radius 3 is 2.24 bits per heavy atom. The molecule has 3 heteroatoms. The molecule has 0 heterocycles. The first-order chi connectivity index (χ1) is 11.8. The molecule has 1 fully saturated rings. The maximum absolute atomic E-state index is 11.6. The average molecular weight is 352 g/mol. The second-order valence-electron chi connectivity index (χ2n) is 8.52. The van der Waals surface area contributed by atoms with Gasteiger partial charge in [0, 0.05) is 26.1 Å². The molecular weight excluding hydrogens is 310 g/mol. The fourth-order valence-corrected chi connectivity index (χ4v) is 4.28. The number of Topliss-reactive ketones (excluding diaryl/α,β-unsaturated/α-hetero) is 1. The Hall–Kier alpha value is -0.670. The van der Waals surface area contributed by atoms with Crippen molar-refractivity contribution in [3.8, 4) is 0 Å². The van der Waals surface area contributed by atoms with Gasteiger partial charge in [0.15, 0.2) is 0 Å². The normalized spacial score (nSPS) is 30.6. The Balaban J connectivity index is 2.60. The first kappa shape index (κ1) is 22.4. The van der Waals surface area contributed by atoms with Crippen LogP contribution >= 0.6 is 0 Å². The summed E-state index contributed by atoms with van der Waals surface area (Å²) in [4.78, 5) is 11.6. The highest BCUT2D eigenvalue weighted by Crippen LogP contribution is 2.31. The summed E-state index contributed by atoms with van der Waals surface area (Å²) in [6, 6.07) is 0.575. The highest BCUT2D eigenvalue weighted by atomic mass is 16.5. The Morgan fingerprint density at radius 1 is 1.16 bits per heavy atom. The van der Waals surface area contributed by atoms with Crippen molar-refractivity contribution in [3.05, 3.63) is 12.2 Å². The Labute approximate surface area is 156 Å². The van der Waals surface area contributed by atoms with E-state index in [4.69, 9.17) is 4.74 Å². The molecule has 0 aliphatic heterocycles. The number of nitrogens with one attached hydrogen (secondary N) is 1. The van der Waals surface area contributed by atoms with Crippen molar-refractivity contribution in [2.24, 2.45) is 23.7 Å². The zero-order valence-corrected chi connectivity index (χ0v) is 17.4. The third kappa shape index (κ3) is 9.55. The Morgan fingerprint density at radius 2 is 1.76 bits per heavy atom. The summed E-state index contributed by atoms with van der Waals surface area (Å²) in [6.45, 7) is 11.7. The number of rotatable bonds is 9. The van der Waals surface area contributed by atoms with Crippen LogP contribution in [0.15, 0.2) is 12.2 Å². The van der Waals surface area contributed by atoms with Gasteiger partial charge in [-0.05, 0) is 63.2 Å². The summed E-state index contributed by atoms with van der Waals surface area (Å²) in [5.74, 6) is 2.98. The molecule has 146 valence electrons. The lowest BCUT2D eigenvalue weighted by molar-refractivity contribution is -0.117. The average Bonchev–Trinajstić information content (AvgIpc) is 2.53. The smallest absolute Gasteiger partial charge is 0.130 e. The first-order valence-electron chi connectivity index (χ1n) is 10.3. The molecule has 1 aliphatic rings. The molecule has 0 saturated heterocycles. The van der Waals surface area contributed by atoms with Crippen LogP contribution in [0.4, 0.5) is 0 Å². The van der Waals surface area contributed by atoms with E-state index in [1.807, 2.05) is 6.92 Å². The fourth-order valence-electron chi connectivity index (χ4n) is 4.28. The first-order valence-corrected chi connectivity index (χ1v) is 10.3. The molecule has 1 N–H and O–H groups in total. The zero-order chi connectivity index (χ0) is 18.8. The fraction of sp³-hybridized carbons (Fsp3) is 0.864. The lowest BCUT2D eigenvalue weighted by atomic mass is 9.78. The number of ketones is 1. The molecule has 1 aliphatic carbocycles. The summed E-state index contributed by atoms with van der Waals surface area (Å²) >= 11 is 0. The number of hydrogen-bond donors (Lipinski definition) is 1.